The van der Waals surface area contributed by atoms with Crippen LogP contribution in [0.5, 0.6) is 0 Å². The Kier molecular flexibility index (Phi) is 4.50. The lowest BCUT2D eigenvalue weighted by atomic mass is 10.0. The van der Waals surface area contributed by atoms with Crippen LogP contribution in [0, 0.1) is 5.82 Å². The quantitative estimate of drug-likeness (QED) is 0.912. The zero-order valence-electron chi connectivity index (χ0n) is 12.9. The standard InChI is InChI=1S/C15H19FN6O/c1-21-14(23)6-5-13(20-21)22-7-3-2-4-11(22)8-18-15-12(16)9-17-10-19-15/h5-6,9-11H,2-4,7-8H2,1H3,(H,17,18,19). The second-order valence-corrected chi connectivity index (χ2v) is 5.60. The van der Waals surface area contributed by atoms with Crippen LogP contribution in [0.4, 0.5) is 16.0 Å². The lowest BCUT2D eigenvalue weighted by Crippen LogP contribution is -2.45. The monoisotopic (exact) mass is 318 g/mol. The zero-order chi connectivity index (χ0) is 16.2. The van der Waals surface area contributed by atoms with Crippen LogP contribution in [0.2, 0.25) is 0 Å². The van der Waals surface area contributed by atoms with Crippen LogP contribution < -0.4 is 15.8 Å². The van der Waals surface area contributed by atoms with Crippen LogP contribution in [0.3, 0.4) is 0 Å². The molecule has 0 radical (unpaired) electrons. The molecule has 0 spiro atoms. The summed E-state index contributed by atoms with van der Waals surface area (Å²) in [6, 6.07) is 3.43. The van der Waals surface area contributed by atoms with Crippen LogP contribution in [0.25, 0.3) is 0 Å². The van der Waals surface area contributed by atoms with Gasteiger partial charge in [0.05, 0.1) is 6.20 Å². The lowest BCUT2D eigenvalue weighted by Gasteiger charge is -2.36. The maximum atomic E-state index is 13.6. The molecule has 122 valence electrons. The number of piperidine rings is 1. The van der Waals surface area contributed by atoms with Gasteiger partial charge in [0.2, 0.25) is 0 Å². The van der Waals surface area contributed by atoms with Crippen molar-refractivity contribution in [1.82, 2.24) is 19.7 Å². The van der Waals surface area contributed by atoms with Crippen LogP contribution in [0.15, 0.2) is 29.5 Å². The Morgan fingerprint density at radius 1 is 1.39 bits per heavy atom. The molecule has 1 fully saturated rings. The van der Waals surface area contributed by atoms with Crippen LogP contribution in [0.1, 0.15) is 19.3 Å². The molecule has 1 saturated heterocycles. The van der Waals surface area contributed by atoms with E-state index in [-0.39, 0.29) is 17.4 Å². The molecule has 1 unspecified atom stereocenters. The number of hydrogen-bond acceptors (Lipinski definition) is 6. The van der Waals surface area contributed by atoms with Gasteiger partial charge in [-0.1, -0.05) is 0 Å². The van der Waals surface area contributed by atoms with E-state index in [1.165, 1.54) is 17.1 Å². The Balaban J connectivity index is 1.75. The van der Waals surface area contributed by atoms with Gasteiger partial charge in [0.15, 0.2) is 11.6 Å². The Labute approximate surface area is 133 Å². The highest BCUT2D eigenvalue weighted by atomic mass is 19.1. The van der Waals surface area contributed by atoms with Gasteiger partial charge in [-0.15, -0.1) is 0 Å². The normalized spacial score (nSPS) is 18.0. The molecule has 0 aliphatic carbocycles. The summed E-state index contributed by atoms with van der Waals surface area (Å²) in [6.45, 7) is 1.42. The number of hydrogen-bond donors (Lipinski definition) is 1. The first kappa shape index (κ1) is 15.4. The van der Waals surface area contributed by atoms with Gasteiger partial charge in [-0.2, -0.15) is 5.10 Å². The van der Waals surface area contributed by atoms with Gasteiger partial charge in [-0.3, -0.25) is 4.79 Å². The Morgan fingerprint density at radius 2 is 2.26 bits per heavy atom. The number of aryl methyl sites for hydroxylation is 1. The summed E-state index contributed by atoms with van der Waals surface area (Å²) in [5, 5.41) is 7.37. The van der Waals surface area contributed by atoms with E-state index >= 15 is 0 Å². The van der Waals surface area contributed by atoms with Gasteiger partial charge in [0.1, 0.15) is 12.1 Å². The fourth-order valence-electron chi connectivity index (χ4n) is 2.81. The minimum atomic E-state index is -0.463. The minimum Gasteiger partial charge on any atom is -0.365 e. The maximum Gasteiger partial charge on any atom is 0.266 e. The molecule has 1 aliphatic heterocycles. The molecule has 0 amide bonds. The molecule has 1 N–H and O–H groups in total. The Morgan fingerprint density at radius 3 is 3.04 bits per heavy atom. The molecule has 2 aromatic rings. The molecule has 3 heterocycles. The van der Waals surface area contributed by atoms with Crippen LogP contribution in [-0.2, 0) is 7.05 Å². The van der Waals surface area contributed by atoms with Crippen molar-refractivity contribution in [1.29, 1.82) is 0 Å². The Hall–Kier alpha value is -2.51. The van der Waals surface area contributed by atoms with Crippen molar-refractivity contribution < 1.29 is 4.39 Å². The molecular weight excluding hydrogens is 299 g/mol. The average Bonchev–Trinajstić information content (AvgIpc) is 2.57. The summed E-state index contributed by atoms with van der Waals surface area (Å²) in [6.07, 6.45) is 5.62. The van der Waals surface area contributed by atoms with Crippen molar-refractivity contribution in [3.05, 3.63) is 40.8 Å². The van der Waals surface area contributed by atoms with Crippen LogP contribution >= 0.6 is 0 Å². The maximum absolute atomic E-state index is 13.6. The first-order valence-corrected chi connectivity index (χ1v) is 7.65. The fourth-order valence-corrected chi connectivity index (χ4v) is 2.81. The van der Waals surface area contributed by atoms with E-state index in [0.29, 0.717) is 6.54 Å². The van der Waals surface area contributed by atoms with Gasteiger partial charge >= 0.3 is 0 Å². The summed E-state index contributed by atoms with van der Waals surface area (Å²) in [5.74, 6) is 0.510. The fraction of sp³-hybridized carbons (Fsp3) is 0.467. The number of halogens is 1. The number of nitrogens with one attached hydrogen (secondary N) is 1. The van der Waals surface area contributed by atoms with E-state index < -0.39 is 5.82 Å². The first-order chi connectivity index (χ1) is 11.1. The number of anilines is 2. The molecule has 2 aromatic heterocycles. The molecule has 1 aliphatic rings. The van der Waals surface area contributed by atoms with Crippen molar-refractivity contribution in [2.24, 2.45) is 7.05 Å². The van der Waals surface area contributed by atoms with E-state index in [4.69, 9.17) is 0 Å². The van der Waals surface area contributed by atoms with Gasteiger partial charge in [-0.05, 0) is 25.3 Å². The first-order valence-electron chi connectivity index (χ1n) is 7.65. The molecule has 7 nitrogen and oxygen atoms in total. The van der Waals surface area contributed by atoms with E-state index in [9.17, 15) is 9.18 Å². The number of rotatable bonds is 4. The molecule has 0 saturated carbocycles. The van der Waals surface area contributed by atoms with E-state index in [0.717, 1.165) is 37.8 Å². The van der Waals surface area contributed by atoms with E-state index in [1.807, 2.05) is 0 Å². The second-order valence-electron chi connectivity index (χ2n) is 5.60. The molecule has 0 bridgehead atoms. The summed E-state index contributed by atoms with van der Waals surface area (Å²) in [5.41, 5.74) is -0.136. The highest BCUT2D eigenvalue weighted by Crippen LogP contribution is 2.22. The summed E-state index contributed by atoms with van der Waals surface area (Å²) >= 11 is 0. The van der Waals surface area contributed by atoms with Gasteiger partial charge in [0.25, 0.3) is 5.56 Å². The number of nitrogens with zero attached hydrogens (tertiary/aromatic N) is 5. The van der Waals surface area contributed by atoms with Gasteiger partial charge in [0, 0.05) is 32.2 Å². The summed E-state index contributed by atoms with van der Waals surface area (Å²) in [4.78, 5) is 21.2. The van der Waals surface area contributed by atoms with Crippen molar-refractivity contribution >= 4 is 11.6 Å². The van der Waals surface area contributed by atoms with Crippen molar-refractivity contribution in [2.45, 2.75) is 25.3 Å². The second kappa shape index (κ2) is 6.72. The molecule has 23 heavy (non-hydrogen) atoms. The summed E-state index contributed by atoms with van der Waals surface area (Å²) < 4.78 is 14.9. The molecule has 8 heteroatoms. The van der Waals surface area contributed by atoms with Crippen molar-refractivity contribution in [3.63, 3.8) is 0 Å². The minimum absolute atomic E-state index is 0.136. The number of aromatic nitrogens is 4. The third-order valence-corrected chi connectivity index (χ3v) is 4.04. The summed E-state index contributed by atoms with van der Waals surface area (Å²) in [7, 11) is 1.64. The van der Waals surface area contributed by atoms with Gasteiger partial charge < -0.3 is 10.2 Å². The highest BCUT2D eigenvalue weighted by Gasteiger charge is 2.24. The predicted octanol–water partition coefficient (Wildman–Crippen LogP) is 1.18. The Bertz CT molecular complexity index is 734. The van der Waals surface area contributed by atoms with Gasteiger partial charge in [-0.25, -0.2) is 19.0 Å². The molecule has 1 atom stereocenters. The third kappa shape index (κ3) is 3.46. The molecular formula is C15H19FN6O. The predicted molar refractivity (Wildman–Crippen MR) is 84.9 cm³/mol. The smallest absolute Gasteiger partial charge is 0.266 e. The average molecular weight is 318 g/mol. The van der Waals surface area contributed by atoms with E-state index in [2.05, 4.69) is 25.3 Å². The zero-order valence-corrected chi connectivity index (χ0v) is 12.9. The lowest BCUT2D eigenvalue weighted by molar-refractivity contribution is 0.463. The van der Waals surface area contributed by atoms with Crippen LogP contribution in [-0.4, -0.2) is 38.9 Å². The van der Waals surface area contributed by atoms with E-state index in [1.54, 1.807) is 13.1 Å². The molecule has 0 aromatic carbocycles. The topological polar surface area (TPSA) is 75.9 Å². The van der Waals surface area contributed by atoms with Crippen molar-refractivity contribution in [3.8, 4) is 0 Å². The SMILES string of the molecule is Cn1nc(N2CCCCC2CNc2ncncc2F)ccc1=O. The largest absolute Gasteiger partial charge is 0.365 e. The molecule has 3 rings (SSSR count). The highest BCUT2D eigenvalue weighted by molar-refractivity contribution is 5.41. The third-order valence-electron chi connectivity index (χ3n) is 4.04. The van der Waals surface area contributed by atoms with Crippen molar-refractivity contribution in [2.75, 3.05) is 23.3 Å².